The molecule has 3 nitrogen and oxygen atoms in total. The van der Waals surface area contributed by atoms with Gasteiger partial charge in [-0.2, -0.15) is 0 Å². The van der Waals surface area contributed by atoms with Crippen molar-refractivity contribution in [3.05, 3.63) is 12.7 Å². The third-order valence-electron chi connectivity index (χ3n) is 2.63. The van der Waals surface area contributed by atoms with Gasteiger partial charge in [-0.25, -0.2) is 0 Å². The molecule has 2 N–H and O–H groups in total. The average molecular weight is 183 g/mol. The summed E-state index contributed by atoms with van der Waals surface area (Å²) >= 11 is 0. The van der Waals surface area contributed by atoms with Gasteiger partial charge in [-0.05, 0) is 25.7 Å². The van der Waals surface area contributed by atoms with Crippen LogP contribution in [0.25, 0.3) is 0 Å². The van der Waals surface area contributed by atoms with Gasteiger partial charge in [0.05, 0.1) is 5.92 Å². The van der Waals surface area contributed by atoms with E-state index in [1.165, 1.54) is 0 Å². The molecule has 0 spiro atoms. The normalized spacial score (nSPS) is 28.3. The minimum absolute atomic E-state index is 0.109. The Morgan fingerprint density at radius 3 is 2.54 bits per heavy atom. The quantitative estimate of drug-likeness (QED) is 0.648. The van der Waals surface area contributed by atoms with E-state index in [4.69, 9.17) is 5.11 Å². The maximum absolute atomic E-state index is 10.6. The van der Waals surface area contributed by atoms with E-state index in [2.05, 4.69) is 11.9 Å². The predicted molar refractivity (Wildman–Crippen MR) is 51.6 cm³/mol. The molecule has 0 aromatic heterocycles. The summed E-state index contributed by atoms with van der Waals surface area (Å²) in [6, 6.07) is 0.494. The zero-order valence-electron chi connectivity index (χ0n) is 7.83. The number of hydrogen-bond acceptors (Lipinski definition) is 2. The lowest BCUT2D eigenvalue weighted by molar-refractivity contribution is -0.142. The first-order valence-corrected chi connectivity index (χ1v) is 4.81. The van der Waals surface area contributed by atoms with E-state index in [-0.39, 0.29) is 5.92 Å². The van der Waals surface area contributed by atoms with E-state index in [0.717, 1.165) is 32.2 Å². The highest BCUT2D eigenvalue weighted by Gasteiger charge is 2.24. The van der Waals surface area contributed by atoms with Crippen molar-refractivity contribution in [2.24, 2.45) is 5.92 Å². The highest BCUT2D eigenvalue weighted by molar-refractivity contribution is 5.70. The molecule has 0 atom stereocenters. The molecule has 1 rings (SSSR count). The Morgan fingerprint density at radius 2 is 2.08 bits per heavy atom. The summed E-state index contributed by atoms with van der Waals surface area (Å²) in [5.41, 5.74) is 0. The van der Waals surface area contributed by atoms with Crippen molar-refractivity contribution in [3.63, 3.8) is 0 Å². The zero-order chi connectivity index (χ0) is 9.68. The van der Waals surface area contributed by atoms with E-state index in [0.29, 0.717) is 6.04 Å². The van der Waals surface area contributed by atoms with Gasteiger partial charge in [0.2, 0.25) is 0 Å². The molecule has 1 saturated carbocycles. The first kappa shape index (κ1) is 10.3. The molecule has 13 heavy (non-hydrogen) atoms. The number of hydrogen-bond donors (Lipinski definition) is 2. The summed E-state index contributed by atoms with van der Waals surface area (Å²) < 4.78 is 0. The molecule has 0 radical (unpaired) electrons. The fourth-order valence-corrected chi connectivity index (χ4v) is 1.79. The Kier molecular flexibility index (Phi) is 3.96. The van der Waals surface area contributed by atoms with Crippen LogP contribution < -0.4 is 5.32 Å². The number of carboxylic acids is 1. The third-order valence-corrected chi connectivity index (χ3v) is 2.63. The number of rotatable bonds is 4. The minimum atomic E-state index is -0.637. The second-order valence-electron chi connectivity index (χ2n) is 3.58. The lowest BCUT2D eigenvalue weighted by Crippen LogP contribution is -2.34. The standard InChI is InChI=1S/C10H17NO2/c1-2-7-11-9-5-3-8(4-6-9)10(12)13/h2,8-9,11H,1,3-7H2,(H,12,13). The predicted octanol–water partition coefficient (Wildman–Crippen LogP) is 1.41. The Bertz CT molecular complexity index is 183. The molecule has 0 unspecified atom stereocenters. The fraction of sp³-hybridized carbons (Fsp3) is 0.700. The Hall–Kier alpha value is -0.830. The Balaban J connectivity index is 2.22. The van der Waals surface area contributed by atoms with Crippen LogP contribution in [0.5, 0.6) is 0 Å². The van der Waals surface area contributed by atoms with E-state index < -0.39 is 5.97 Å². The van der Waals surface area contributed by atoms with Gasteiger partial charge in [0.15, 0.2) is 0 Å². The molecule has 74 valence electrons. The van der Waals surface area contributed by atoms with Crippen LogP contribution in [0.1, 0.15) is 25.7 Å². The lowest BCUT2D eigenvalue weighted by atomic mass is 9.86. The van der Waals surface area contributed by atoms with E-state index in [1.54, 1.807) is 0 Å². The Labute approximate surface area is 78.8 Å². The van der Waals surface area contributed by atoms with Crippen molar-refractivity contribution in [3.8, 4) is 0 Å². The van der Waals surface area contributed by atoms with Crippen molar-refractivity contribution in [2.45, 2.75) is 31.7 Å². The van der Waals surface area contributed by atoms with Crippen molar-refractivity contribution in [1.82, 2.24) is 5.32 Å². The van der Waals surface area contributed by atoms with Gasteiger partial charge in [-0.3, -0.25) is 4.79 Å². The van der Waals surface area contributed by atoms with Crippen molar-refractivity contribution in [1.29, 1.82) is 0 Å². The molecule has 0 aromatic rings. The van der Waals surface area contributed by atoms with Gasteiger partial charge in [0.25, 0.3) is 0 Å². The zero-order valence-corrected chi connectivity index (χ0v) is 7.83. The fourth-order valence-electron chi connectivity index (χ4n) is 1.79. The maximum atomic E-state index is 10.6. The van der Waals surface area contributed by atoms with Crippen LogP contribution in [0.3, 0.4) is 0 Å². The van der Waals surface area contributed by atoms with Crippen LogP contribution in [0.15, 0.2) is 12.7 Å². The lowest BCUT2D eigenvalue weighted by Gasteiger charge is -2.26. The maximum Gasteiger partial charge on any atom is 0.306 e. The molecule has 0 amide bonds. The van der Waals surface area contributed by atoms with E-state index in [9.17, 15) is 4.79 Å². The molecule has 1 fully saturated rings. The topological polar surface area (TPSA) is 49.3 Å². The van der Waals surface area contributed by atoms with Crippen LogP contribution in [0, 0.1) is 5.92 Å². The molecule has 0 heterocycles. The largest absolute Gasteiger partial charge is 0.481 e. The number of nitrogens with one attached hydrogen (secondary N) is 1. The molecule has 1 aliphatic carbocycles. The molecule has 0 aliphatic heterocycles. The molecule has 3 heteroatoms. The van der Waals surface area contributed by atoms with Crippen LogP contribution >= 0.6 is 0 Å². The van der Waals surface area contributed by atoms with E-state index >= 15 is 0 Å². The average Bonchev–Trinajstić information content (AvgIpc) is 2.15. The second kappa shape index (κ2) is 5.02. The van der Waals surface area contributed by atoms with Gasteiger partial charge in [0.1, 0.15) is 0 Å². The SMILES string of the molecule is C=CCNC1CCC(C(=O)O)CC1. The summed E-state index contributed by atoms with van der Waals surface area (Å²) in [5, 5.41) is 12.1. The molecule has 0 aromatic carbocycles. The summed E-state index contributed by atoms with van der Waals surface area (Å²) in [4.78, 5) is 10.6. The molecular weight excluding hydrogens is 166 g/mol. The second-order valence-corrected chi connectivity index (χ2v) is 3.58. The van der Waals surface area contributed by atoms with Gasteiger partial charge < -0.3 is 10.4 Å². The first-order valence-electron chi connectivity index (χ1n) is 4.81. The van der Waals surface area contributed by atoms with Gasteiger partial charge in [-0.15, -0.1) is 6.58 Å². The number of aliphatic carboxylic acids is 1. The van der Waals surface area contributed by atoms with Crippen LogP contribution in [-0.2, 0) is 4.79 Å². The van der Waals surface area contributed by atoms with Crippen LogP contribution in [-0.4, -0.2) is 23.7 Å². The number of carbonyl (C=O) groups is 1. The highest BCUT2D eigenvalue weighted by Crippen LogP contribution is 2.24. The summed E-state index contributed by atoms with van der Waals surface area (Å²) in [6.07, 6.45) is 5.41. The van der Waals surface area contributed by atoms with Gasteiger partial charge in [-0.1, -0.05) is 6.08 Å². The Morgan fingerprint density at radius 1 is 1.46 bits per heavy atom. The smallest absolute Gasteiger partial charge is 0.306 e. The van der Waals surface area contributed by atoms with Gasteiger partial charge >= 0.3 is 5.97 Å². The third kappa shape index (κ3) is 3.19. The summed E-state index contributed by atoms with van der Waals surface area (Å²) in [7, 11) is 0. The molecule has 1 aliphatic rings. The van der Waals surface area contributed by atoms with Crippen molar-refractivity contribution >= 4 is 5.97 Å². The minimum Gasteiger partial charge on any atom is -0.481 e. The summed E-state index contributed by atoms with van der Waals surface area (Å²) in [6.45, 7) is 4.45. The monoisotopic (exact) mass is 183 g/mol. The molecule has 0 saturated heterocycles. The molecular formula is C10H17NO2. The number of carboxylic acid groups (broad SMARTS) is 1. The van der Waals surface area contributed by atoms with Gasteiger partial charge in [0, 0.05) is 12.6 Å². The highest BCUT2D eigenvalue weighted by atomic mass is 16.4. The van der Waals surface area contributed by atoms with Crippen molar-refractivity contribution in [2.75, 3.05) is 6.54 Å². The molecule has 0 bridgehead atoms. The van der Waals surface area contributed by atoms with Crippen molar-refractivity contribution < 1.29 is 9.90 Å². The summed E-state index contributed by atoms with van der Waals surface area (Å²) in [5.74, 6) is -0.746. The van der Waals surface area contributed by atoms with Crippen LogP contribution in [0.2, 0.25) is 0 Å². The van der Waals surface area contributed by atoms with E-state index in [1.807, 2.05) is 6.08 Å². The first-order chi connectivity index (χ1) is 6.24. The van der Waals surface area contributed by atoms with Crippen LogP contribution in [0.4, 0.5) is 0 Å².